The molecule has 1 aliphatic heterocycles. The van der Waals surface area contributed by atoms with Crippen LogP contribution in [0.5, 0.6) is 0 Å². The van der Waals surface area contributed by atoms with Gasteiger partial charge in [-0.2, -0.15) is 0 Å². The number of rotatable bonds is 3. The predicted octanol–water partition coefficient (Wildman–Crippen LogP) is 4.09. The molecule has 2 aliphatic rings. The maximum Gasteiger partial charge on any atom is 0.255 e. The molecular weight excluding hydrogens is 368 g/mol. The molecule has 3 aromatic rings. The number of carbonyl (C=O) groups is 2. The van der Waals surface area contributed by atoms with Crippen molar-refractivity contribution in [2.75, 3.05) is 16.9 Å². The Kier molecular flexibility index (Phi) is 4.32. The third kappa shape index (κ3) is 2.87. The van der Waals surface area contributed by atoms with Crippen LogP contribution in [0.2, 0.25) is 0 Å². The lowest BCUT2D eigenvalue weighted by Gasteiger charge is -2.23. The Morgan fingerprint density at radius 1 is 0.929 bits per heavy atom. The highest BCUT2D eigenvalue weighted by molar-refractivity contribution is 7.99. The third-order valence-corrected chi connectivity index (χ3v) is 6.61. The molecule has 1 N–H and O–H groups in total. The molecule has 0 unspecified atom stereocenters. The largest absolute Gasteiger partial charge is 0.324 e. The van der Waals surface area contributed by atoms with E-state index in [9.17, 15) is 9.59 Å². The number of hydrogen-bond donors (Lipinski definition) is 1. The number of carbonyl (C=O) groups excluding carboxylic acids is 2. The second-order valence-electron chi connectivity index (χ2n) is 7.26. The van der Waals surface area contributed by atoms with Gasteiger partial charge in [-0.25, -0.2) is 0 Å². The molecule has 28 heavy (non-hydrogen) atoms. The minimum Gasteiger partial charge on any atom is -0.324 e. The molecule has 0 spiro atoms. The Hall–Kier alpha value is -2.79. The molecule has 1 heterocycles. The van der Waals surface area contributed by atoms with Crippen molar-refractivity contribution in [2.45, 2.75) is 18.9 Å². The molecule has 4 nitrogen and oxygen atoms in total. The minimum absolute atomic E-state index is 0.0915. The van der Waals surface area contributed by atoms with Crippen LogP contribution in [-0.2, 0) is 17.6 Å². The first-order chi connectivity index (χ1) is 13.7. The summed E-state index contributed by atoms with van der Waals surface area (Å²) in [5.74, 6) is 0.945. The summed E-state index contributed by atoms with van der Waals surface area (Å²) in [7, 11) is 0. The molecule has 5 heteroatoms. The zero-order chi connectivity index (χ0) is 19.1. The number of benzene rings is 3. The Morgan fingerprint density at radius 3 is 2.54 bits per heavy atom. The lowest BCUT2D eigenvalue weighted by molar-refractivity contribution is -0.119. The molecule has 5 rings (SSSR count). The molecule has 140 valence electrons. The number of nitrogens with one attached hydrogen (secondary N) is 1. The van der Waals surface area contributed by atoms with Crippen LogP contribution in [0.1, 0.15) is 21.5 Å². The fourth-order valence-electron chi connectivity index (χ4n) is 4.18. The Labute approximate surface area is 167 Å². The minimum atomic E-state index is -0.458. The summed E-state index contributed by atoms with van der Waals surface area (Å²) in [6.45, 7) is 0. The molecule has 1 atom stereocenters. The van der Waals surface area contributed by atoms with Crippen molar-refractivity contribution in [1.82, 2.24) is 4.90 Å². The smallest absolute Gasteiger partial charge is 0.255 e. The average molecular weight is 388 g/mol. The normalized spacial score (nSPS) is 17.9. The quantitative estimate of drug-likeness (QED) is 0.735. The molecule has 1 saturated heterocycles. The lowest BCUT2D eigenvalue weighted by atomic mass is 10.0. The van der Waals surface area contributed by atoms with E-state index in [1.54, 1.807) is 28.8 Å². The molecular formula is C23H20N2O2S. The summed E-state index contributed by atoms with van der Waals surface area (Å²) in [5.41, 5.74) is 4.14. The summed E-state index contributed by atoms with van der Waals surface area (Å²) >= 11 is 1.61. The van der Waals surface area contributed by atoms with E-state index in [-0.39, 0.29) is 11.8 Å². The number of aryl methyl sites for hydroxylation is 2. The molecule has 0 saturated carbocycles. The van der Waals surface area contributed by atoms with Crippen LogP contribution in [0.4, 0.5) is 5.69 Å². The molecule has 3 aromatic carbocycles. The van der Waals surface area contributed by atoms with E-state index in [1.165, 1.54) is 16.5 Å². The van der Waals surface area contributed by atoms with Gasteiger partial charge in [-0.1, -0.05) is 42.5 Å². The first kappa shape index (κ1) is 17.3. The van der Waals surface area contributed by atoms with Crippen molar-refractivity contribution in [2.24, 2.45) is 0 Å². The van der Waals surface area contributed by atoms with Gasteiger partial charge in [0.25, 0.3) is 5.91 Å². The SMILES string of the molecule is O=C(Nc1ccc2c3c(cccc13)CC2)[C@@H]1CSCN1C(=O)c1ccccc1. The van der Waals surface area contributed by atoms with E-state index < -0.39 is 6.04 Å². The summed E-state index contributed by atoms with van der Waals surface area (Å²) in [6.07, 6.45) is 2.12. The predicted molar refractivity (Wildman–Crippen MR) is 114 cm³/mol. The van der Waals surface area contributed by atoms with Crippen LogP contribution in [0.3, 0.4) is 0 Å². The van der Waals surface area contributed by atoms with Gasteiger partial charge in [-0.3, -0.25) is 9.59 Å². The van der Waals surface area contributed by atoms with Crippen molar-refractivity contribution in [1.29, 1.82) is 0 Å². The fourth-order valence-corrected chi connectivity index (χ4v) is 5.33. The summed E-state index contributed by atoms with van der Waals surface area (Å²) < 4.78 is 0. The van der Waals surface area contributed by atoms with Crippen LogP contribution in [0.15, 0.2) is 60.7 Å². The van der Waals surface area contributed by atoms with Crippen LogP contribution >= 0.6 is 11.8 Å². The van der Waals surface area contributed by atoms with Crippen molar-refractivity contribution in [3.8, 4) is 0 Å². The molecule has 1 fully saturated rings. The van der Waals surface area contributed by atoms with E-state index in [4.69, 9.17) is 0 Å². The molecule has 1 aliphatic carbocycles. The highest BCUT2D eigenvalue weighted by Gasteiger charge is 2.35. The zero-order valence-corrected chi connectivity index (χ0v) is 16.2. The number of thioether (sulfide) groups is 1. The van der Waals surface area contributed by atoms with Crippen LogP contribution in [0.25, 0.3) is 10.8 Å². The average Bonchev–Trinajstić information content (AvgIpc) is 3.39. The molecule has 2 amide bonds. The van der Waals surface area contributed by atoms with Gasteiger partial charge < -0.3 is 10.2 Å². The van der Waals surface area contributed by atoms with E-state index in [0.29, 0.717) is 17.2 Å². The van der Waals surface area contributed by atoms with Gasteiger partial charge in [0.1, 0.15) is 6.04 Å². The van der Waals surface area contributed by atoms with Crippen molar-refractivity contribution in [3.05, 3.63) is 77.4 Å². The van der Waals surface area contributed by atoms with E-state index >= 15 is 0 Å². The Balaban J connectivity index is 1.41. The van der Waals surface area contributed by atoms with Gasteiger partial charge in [-0.15, -0.1) is 11.8 Å². The van der Waals surface area contributed by atoms with Gasteiger partial charge in [0.05, 0.1) is 5.88 Å². The molecule has 0 aromatic heterocycles. The number of anilines is 1. The van der Waals surface area contributed by atoms with Crippen LogP contribution in [-0.4, -0.2) is 34.4 Å². The number of hydrogen-bond acceptors (Lipinski definition) is 3. The lowest BCUT2D eigenvalue weighted by Crippen LogP contribution is -2.44. The maximum atomic E-state index is 13.1. The van der Waals surface area contributed by atoms with E-state index in [2.05, 4.69) is 29.6 Å². The number of nitrogens with zero attached hydrogens (tertiary/aromatic N) is 1. The fraction of sp³-hybridized carbons (Fsp3) is 0.217. The van der Waals surface area contributed by atoms with E-state index in [0.717, 1.165) is 23.9 Å². The van der Waals surface area contributed by atoms with Gasteiger partial charge in [0.2, 0.25) is 5.91 Å². The second-order valence-corrected chi connectivity index (χ2v) is 8.26. The van der Waals surface area contributed by atoms with Gasteiger partial charge in [0.15, 0.2) is 0 Å². The second kappa shape index (κ2) is 6.99. The standard InChI is InChI=1S/C23H20N2O2S/c26-22(20-13-28-14-25(20)23(27)17-5-2-1-3-6-17)24-19-12-11-16-10-9-15-7-4-8-18(19)21(15)16/h1-8,11-12,20H,9-10,13-14H2,(H,24,26)/t20-/m0/s1. The van der Waals surface area contributed by atoms with Gasteiger partial charge in [0, 0.05) is 22.4 Å². The maximum absolute atomic E-state index is 13.1. The first-order valence-electron chi connectivity index (χ1n) is 9.50. The van der Waals surface area contributed by atoms with Crippen molar-refractivity contribution < 1.29 is 9.59 Å². The zero-order valence-electron chi connectivity index (χ0n) is 15.4. The highest BCUT2D eigenvalue weighted by Crippen LogP contribution is 2.35. The highest BCUT2D eigenvalue weighted by atomic mass is 32.2. The van der Waals surface area contributed by atoms with Crippen LogP contribution < -0.4 is 5.32 Å². The van der Waals surface area contributed by atoms with Crippen LogP contribution in [0, 0.1) is 0 Å². The summed E-state index contributed by atoms with van der Waals surface area (Å²) in [6, 6.07) is 19.1. The molecule has 0 radical (unpaired) electrons. The topological polar surface area (TPSA) is 49.4 Å². The number of amides is 2. The first-order valence-corrected chi connectivity index (χ1v) is 10.7. The summed E-state index contributed by atoms with van der Waals surface area (Å²) in [5, 5.41) is 5.47. The van der Waals surface area contributed by atoms with Gasteiger partial charge in [-0.05, 0) is 47.6 Å². The summed E-state index contributed by atoms with van der Waals surface area (Å²) in [4.78, 5) is 27.6. The Morgan fingerprint density at radius 2 is 1.71 bits per heavy atom. The van der Waals surface area contributed by atoms with Gasteiger partial charge >= 0.3 is 0 Å². The Bertz CT molecular complexity index is 1070. The third-order valence-electron chi connectivity index (χ3n) is 5.60. The molecule has 0 bridgehead atoms. The van der Waals surface area contributed by atoms with Crippen molar-refractivity contribution >= 4 is 40.0 Å². The monoisotopic (exact) mass is 388 g/mol. The van der Waals surface area contributed by atoms with E-state index in [1.807, 2.05) is 24.3 Å². The van der Waals surface area contributed by atoms with Crippen molar-refractivity contribution in [3.63, 3.8) is 0 Å².